The summed E-state index contributed by atoms with van der Waals surface area (Å²) in [6.07, 6.45) is 38.6. The Morgan fingerprint density at radius 3 is 1.57 bits per heavy atom. The number of carbonyl (C=O) groups excluding carboxylic acids is 1. The maximum Gasteiger partial charge on any atom is 0.472 e. The molecule has 47 heavy (non-hydrogen) atoms. The van der Waals surface area contributed by atoms with Crippen LogP contribution in [0.25, 0.3) is 0 Å². The molecular formula is C38H74NO7P. The third kappa shape index (κ3) is 35.9. The first-order valence-corrected chi connectivity index (χ1v) is 20.9. The highest BCUT2D eigenvalue weighted by atomic mass is 31.2. The van der Waals surface area contributed by atoms with Gasteiger partial charge < -0.3 is 20.1 Å². The molecule has 0 rings (SSSR count). The van der Waals surface area contributed by atoms with Crippen molar-refractivity contribution in [1.29, 1.82) is 0 Å². The standard InChI is InChI=1S/C38H74NO7P/c1-3-5-7-9-11-13-15-17-18-19-20-22-24-26-28-30-33-43-37(36-46-47(41,42)45-34-32-39)35-44-38(40)31-29-27-25-23-21-16-14-12-10-8-6-4-2/h17-18,30,33,37H,3-16,19-29,31-32,34-36,39H2,1-2H3,(H,41,42). The number of phosphoric ester groups is 1. The minimum Gasteiger partial charge on any atom is -0.492 e. The molecule has 0 heterocycles. The number of esters is 1. The summed E-state index contributed by atoms with van der Waals surface area (Å²) in [5.74, 6) is -0.293. The molecule has 3 N–H and O–H groups in total. The predicted molar refractivity (Wildman–Crippen MR) is 196 cm³/mol. The molecule has 0 aliphatic carbocycles. The quantitative estimate of drug-likeness (QED) is 0.0218. The van der Waals surface area contributed by atoms with Crippen LogP contribution in [-0.4, -0.2) is 43.3 Å². The number of nitrogens with two attached hydrogens (primary N) is 1. The van der Waals surface area contributed by atoms with Crippen LogP contribution in [0.15, 0.2) is 24.5 Å². The average molecular weight is 688 g/mol. The first-order chi connectivity index (χ1) is 22.9. The highest BCUT2D eigenvalue weighted by Crippen LogP contribution is 2.43. The van der Waals surface area contributed by atoms with Crippen LogP contribution in [0.4, 0.5) is 0 Å². The van der Waals surface area contributed by atoms with Gasteiger partial charge in [-0.3, -0.25) is 13.8 Å². The fourth-order valence-corrected chi connectivity index (χ4v) is 6.03. The molecule has 0 saturated carbocycles. The Balaban J connectivity index is 4.14. The number of phosphoric acid groups is 1. The summed E-state index contributed by atoms with van der Waals surface area (Å²) in [5.41, 5.74) is 5.35. The van der Waals surface area contributed by atoms with E-state index in [0.717, 1.165) is 44.9 Å². The van der Waals surface area contributed by atoms with Gasteiger partial charge in [0.2, 0.25) is 0 Å². The van der Waals surface area contributed by atoms with Crippen LogP contribution >= 0.6 is 7.82 Å². The third-order valence-electron chi connectivity index (χ3n) is 8.21. The van der Waals surface area contributed by atoms with Crippen LogP contribution in [0, 0.1) is 0 Å². The van der Waals surface area contributed by atoms with Crippen molar-refractivity contribution >= 4 is 13.8 Å². The van der Waals surface area contributed by atoms with Crippen molar-refractivity contribution in [2.24, 2.45) is 5.73 Å². The number of unbranched alkanes of at least 4 members (excludes halogenated alkanes) is 22. The van der Waals surface area contributed by atoms with Crippen molar-refractivity contribution in [2.75, 3.05) is 26.4 Å². The summed E-state index contributed by atoms with van der Waals surface area (Å²) in [6, 6.07) is 0. The second-order valence-corrected chi connectivity index (χ2v) is 14.3. The summed E-state index contributed by atoms with van der Waals surface area (Å²) < 4.78 is 33.1. The van der Waals surface area contributed by atoms with Gasteiger partial charge in [-0.25, -0.2) is 4.57 Å². The zero-order valence-corrected chi connectivity index (χ0v) is 31.4. The van der Waals surface area contributed by atoms with Gasteiger partial charge >= 0.3 is 13.8 Å². The number of allylic oxidation sites excluding steroid dienone is 3. The Labute approximate surface area is 289 Å². The maximum atomic E-state index is 12.3. The van der Waals surface area contributed by atoms with E-state index in [1.54, 1.807) is 6.26 Å². The fraction of sp³-hybridized carbons (Fsp3) is 0.868. The Morgan fingerprint density at radius 1 is 0.638 bits per heavy atom. The predicted octanol–water partition coefficient (Wildman–Crippen LogP) is 11.3. The summed E-state index contributed by atoms with van der Waals surface area (Å²) in [7, 11) is -4.26. The number of ether oxygens (including phenoxy) is 2. The van der Waals surface area contributed by atoms with Crippen molar-refractivity contribution in [3.63, 3.8) is 0 Å². The van der Waals surface area contributed by atoms with Gasteiger partial charge in [0.05, 0.1) is 19.5 Å². The van der Waals surface area contributed by atoms with Crippen LogP contribution in [-0.2, 0) is 27.9 Å². The van der Waals surface area contributed by atoms with E-state index in [4.69, 9.17) is 24.3 Å². The molecule has 2 atom stereocenters. The minimum absolute atomic E-state index is 0.0648. The normalized spacial score (nSPS) is 13.8. The molecule has 2 unspecified atom stereocenters. The second kappa shape index (κ2) is 36.1. The molecule has 0 spiro atoms. The van der Waals surface area contributed by atoms with Gasteiger partial charge in [-0.1, -0.05) is 142 Å². The molecule has 8 nitrogen and oxygen atoms in total. The van der Waals surface area contributed by atoms with Gasteiger partial charge in [0, 0.05) is 13.0 Å². The molecule has 0 aromatic heterocycles. The van der Waals surface area contributed by atoms with Crippen molar-refractivity contribution < 1.29 is 32.8 Å². The number of hydrogen-bond acceptors (Lipinski definition) is 7. The van der Waals surface area contributed by atoms with Crippen molar-refractivity contribution in [1.82, 2.24) is 0 Å². The van der Waals surface area contributed by atoms with Crippen LogP contribution in [0.3, 0.4) is 0 Å². The Hall–Kier alpha value is -1.18. The SMILES string of the molecule is CCCCCCCCC=CCCCCCCC=COC(COC(=O)CCCCCCCCCCCCCC)COP(=O)(O)OCCN. The number of carbonyl (C=O) groups is 1. The van der Waals surface area contributed by atoms with Crippen LogP contribution < -0.4 is 5.73 Å². The van der Waals surface area contributed by atoms with Crippen molar-refractivity contribution in [3.8, 4) is 0 Å². The van der Waals surface area contributed by atoms with E-state index in [1.807, 2.05) is 6.08 Å². The largest absolute Gasteiger partial charge is 0.492 e. The fourth-order valence-electron chi connectivity index (χ4n) is 5.27. The molecule has 0 saturated heterocycles. The molecule has 0 fully saturated rings. The lowest BCUT2D eigenvalue weighted by atomic mass is 10.0. The van der Waals surface area contributed by atoms with E-state index >= 15 is 0 Å². The van der Waals surface area contributed by atoms with Crippen LogP contribution in [0.5, 0.6) is 0 Å². The molecule has 0 aliphatic rings. The molecule has 0 radical (unpaired) electrons. The zero-order valence-electron chi connectivity index (χ0n) is 30.5. The Bertz CT molecular complexity index is 777. The Kier molecular flexibility index (Phi) is 35.2. The van der Waals surface area contributed by atoms with Gasteiger partial charge in [0.1, 0.15) is 6.61 Å². The van der Waals surface area contributed by atoms with E-state index in [0.29, 0.717) is 6.42 Å². The molecule has 0 aromatic carbocycles. The first kappa shape index (κ1) is 45.8. The van der Waals surface area contributed by atoms with E-state index in [9.17, 15) is 14.3 Å². The first-order valence-electron chi connectivity index (χ1n) is 19.4. The summed E-state index contributed by atoms with van der Waals surface area (Å²) in [6.45, 7) is 4.20. The lowest BCUT2D eigenvalue weighted by Crippen LogP contribution is -2.25. The zero-order chi connectivity index (χ0) is 34.5. The molecular weight excluding hydrogens is 613 g/mol. The second-order valence-electron chi connectivity index (χ2n) is 12.9. The van der Waals surface area contributed by atoms with Crippen LogP contribution in [0.2, 0.25) is 0 Å². The average Bonchev–Trinajstić information content (AvgIpc) is 3.06. The highest BCUT2D eigenvalue weighted by Gasteiger charge is 2.24. The van der Waals surface area contributed by atoms with Gasteiger partial charge in [0.25, 0.3) is 0 Å². The smallest absolute Gasteiger partial charge is 0.472 e. The minimum atomic E-state index is -4.26. The molecule has 0 amide bonds. The van der Waals surface area contributed by atoms with E-state index in [1.165, 1.54) is 116 Å². The summed E-state index contributed by atoms with van der Waals surface area (Å²) in [5, 5.41) is 0. The van der Waals surface area contributed by atoms with Crippen molar-refractivity contribution in [3.05, 3.63) is 24.5 Å². The highest BCUT2D eigenvalue weighted by molar-refractivity contribution is 7.47. The molecule has 0 bridgehead atoms. The molecule has 9 heteroatoms. The topological polar surface area (TPSA) is 117 Å². The summed E-state index contributed by atoms with van der Waals surface area (Å²) in [4.78, 5) is 22.2. The number of rotatable bonds is 37. The lowest BCUT2D eigenvalue weighted by molar-refractivity contribution is -0.147. The van der Waals surface area contributed by atoms with E-state index in [2.05, 4.69) is 26.0 Å². The van der Waals surface area contributed by atoms with Gasteiger partial charge in [-0.15, -0.1) is 0 Å². The maximum absolute atomic E-state index is 12.3. The molecule has 278 valence electrons. The van der Waals surface area contributed by atoms with E-state index < -0.39 is 13.9 Å². The molecule has 0 aliphatic heterocycles. The lowest BCUT2D eigenvalue weighted by Gasteiger charge is -2.19. The van der Waals surface area contributed by atoms with Crippen LogP contribution in [0.1, 0.15) is 181 Å². The monoisotopic (exact) mass is 688 g/mol. The Morgan fingerprint density at radius 2 is 1.09 bits per heavy atom. The van der Waals surface area contributed by atoms with E-state index in [-0.39, 0.29) is 32.3 Å². The van der Waals surface area contributed by atoms with Crippen molar-refractivity contribution in [2.45, 2.75) is 187 Å². The van der Waals surface area contributed by atoms with Gasteiger partial charge in [-0.2, -0.15) is 0 Å². The molecule has 0 aromatic rings. The van der Waals surface area contributed by atoms with Gasteiger partial charge in [-0.05, 0) is 51.0 Å². The number of hydrogen-bond donors (Lipinski definition) is 2. The third-order valence-corrected chi connectivity index (χ3v) is 9.19. The summed E-state index contributed by atoms with van der Waals surface area (Å²) >= 11 is 0. The van der Waals surface area contributed by atoms with Gasteiger partial charge in [0.15, 0.2) is 6.10 Å².